The lowest BCUT2D eigenvalue weighted by atomic mass is 10.0. The Morgan fingerprint density at radius 1 is 1.04 bits per heavy atom. The van der Waals surface area contributed by atoms with Crippen molar-refractivity contribution in [1.29, 1.82) is 0 Å². The Morgan fingerprint density at radius 3 is 2.08 bits per heavy atom. The number of benzene rings is 2. The maximum atomic E-state index is 12.5. The van der Waals surface area contributed by atoms with Gasteiger partial charge in [-0.2, -0.15) is 13.2 Å². The minimum absolute atomic E-state index is 0.00430. The second-order valence-corrected chi connectivity index (χ2v) is 5.77. The molecule has 0 spiro atoms. The van der Waals surface area contributed by atoms with Crippen LogP contribution in [-0.4, -0.2) is 17.9 Å². The van der Waals surface area contributed by atoms with Crippen LogP contribution in [0.25, 0.3) is 0 Å². The van der Waals surface area contributed by atoms with Gasteiger partial charge in [0.1, 0.15) is 6.04 Å². The van der Waals surface area contributed by atoms with Gasteiger partial charge in [-0.15, -0.1) is 0 Å². The van der Waals surface area contributed by atoms with Crippen molar-refractivity contribution in [2.75, 3.05) is 0 Å². The van der Waals surface area contributed by atoms with Crippen molar-refractivity contribution >= 4 is 23.4 Å². The maximum Gasteiger partial charge on any atom is 0.416 e. The lowest BCUT2D eigenvalue weighted by molar-refractivity contribution is -0.137. The molecule has 0 bridgehead atoms. The van der Waals surface area contributed by atoms with E-state index in [1.165, 1.54) is 0 Å². The Labute approximate surface area is 146 Å². The predicted molar refractivity (Wildman–Crippen MR) is 87.0 cm³/mol. The zero-order chi connectivity index (χ0) is 18.6. The molecule has 0 saturated heterocycles. The van der Waals surface area contributed by atoms with Gasteiger partial charge in [0.25, 0.3) is 5.91 Å². The molecule has 132 valence electrons. The molecule has 0 aliphatic rings. The van der Waals surface area contributed by atoms with E-state index in [1.54, 1.807) is 24.3 Å². The average molecular weight is 371 g/mol. The second kappa shape index (κ2) is 7.57. The first-order chi connectivity index (χ1) is 11.7. The number of nitrogens with two attached hydrogens (primary N) is 1. The van der Waals surface area contributed by atoms with Gasteiger partial charge >= 0.3 is 6.18 Å². The van der Waals surface area contributed by atoms with Crippen molar-refractivity contribution < 1.29 is 22.8 Å². The van der Waals surface area contributed by atoms with Crippen LogP contribution in [0.5, 0.6) is 0 Å². The molecule has 2 aromatic rings. The van der Waals surface area contributed by atoms with E-state index in [-0.39, 0.29) is 12.0 Å². The van der Waals surface area contributed by atoms with Gasteiger partial charge in [-0.3, -0.25) is 9.59 Å². The Balaban J connectivity index is 2.09. The zero-order valence-electron chi connectivity index (χ0n) is 12.8. The molecule has 0 fully saturated rings. The molecular weight excluding hydrogens is 357 g/mol. The summed E-state index contributed by atoms with van der Waals surface area (Å²) in [5, 5.41) is 2.95. The van der Waals surface area contributed by atoms with Crippen LogP contribution in [0.1, 0.15) is 21.5 Å². The van der Waals surface area contributed by atoms with Gasteiger partial charge in [-0.1, -0.05) is 23.7 Å². The molecule has 0 unspecified atom stereocenters. The minimum atomic E-state index is -4.49. The van der Waals surface area contributed by atoms with Crippen LogP contribution in [-0.2, 0) is 17.4 Å². The van der Waals surface area contributed by atoms with E-state index in [0.717, 1.165) is 29.8 Å². The maximum absolute atomic E-state index is 12.5. The smallest absolute Gasteiger partial charge is 0.368 e. The molecule has 3 N–H and O–H groups in total. The van der Waals surface area contributed by atoms with Crippen molar-refractivity contribution in [3.05, 3.63) is 70.2 Å². The standard InChI is InChI=1S/C17H14ClF3N2O2/c18-13-7-1-10(2-8-13)9-14(15(22)24)23-16(25)11-3-5-12(6-4-11)17(19,20)21/h1-8,14H,9H2,(H2,22,24)(H,23,25)/t14-/m0/s1. The van der Waals surface area contributed by atoms with Crippen LogP contribution in [0.4, 0.5) is 13.2 Å². The fraction of sp³-hybridized carbons (Fsp3) is 0.176. The number of carbonyl (C=O) groups is 2. The topological polar surface area (TPSA) is 72.2 Å². The van der Waals surface area contributed by atoms with E-state index in [9.17, 15) is 22.8 Å². The van der Waals surface area contributed by atoms with Crippen LogP contribution >= 0.6 is 11.6 Å². The number of primary amides is 1. The molecule has 0 saturated carbocycles. The fourth-order valence-electron chi connectivity index (χ4n) is 2.13. The highest BCUT2D eigenvalue weighted by Gasteiger charge is 2.30. The van der Waals surface area contributed by atoms with Crippen LogP contribution in [0.3, 0.4) is 0 Å². The van der Waals surface area contributed by atoms with Crippen LogP contribution in [0.2, 0.25) is 5.02 Å². The molecule has 0 aliphatic carbocycles. The van der Waals surface area contributed by atoms with Gasteiger partial charge < -0.3 is 11.1 Å². The molecule has 4 nitrogen and oxygen atoms in total. The number of hydrogen-bond acceptors (Lipinski definition) is 2. The Morgan fingerprint density at radius 2 is 1.60 bits per heavy atom. The number of nitrogens with one attached hydrogen (secondary N) is 1. The second-order valence-electron chi connectivity index (χ2n) is 5.33. The first kappa shape index (κ1) is 18.8. The van der Waals surface area contributed by atoms with Gasteiger partial charge in [0.2, 0.25) is 5.91 Å². The minimum Gasteiger partial charge on any atom is -0.368 e. The van der Waals surface area contributed by atoms with Crippen molar-refractivity contribution in [3.63, 3.8) is 0 Å². The third kappa shape index (κ3) is 5.22. The monoisotopic (exact) mass is 370 g/mol. The molecule has 0 heterocycles. The molecule has 25 heavy (non-hydrogen) atoms. The van der Waals surface area contributed by atoms with Gasteiger partial charge in [0.05, 0.1) is 5.56 Å². The number of alkyl halides is 3. The third-order valence-corrected chi connectivity index (χ3v) is 3.73. The third-order valence-electron chi connectivity index (χ3n) is 3.48. The fourth-order valence-corrected chi connectivity index (χ4v) is 2.26. The number of amides is 2. The molecule has 2 amide bonds. The Kier molecular flexibility index (Phi) is 5.69. The quantitative estimate of drug-likeness (QED) is 0.848. The van der Waals surface area contributed by atoms with Crippen molar-refractivity contribution in [2.45, 2.75) is 18.6 Å². The zero-order valence-corrected chi connectivity index (χ0v) is 13.6. The van der Waals surface area contributed by atoms with Crippen LogP contribution in [0, 0.1) is 0 Å². The molecule has 8 heteroatoms. The van der Waals surface area contributed by atoms with Gasteiger partial charge in [0.15, 0.2) is 0 Å². The first-order valence-electron chi connectivity index (χ1n) is 7.18. The number of rotatable bonds is 5. The number of hydrogen-bond donors (Lipinski definition) is 2. The highest BCUT2D eigenvalue weighted by molar-refractivity contribution is 6.30. The van der Waals surface area contributed by atoms with E-state index >= 15 is 0 Å². The normalized spacial score (nSPS) is 12.5. The summed E-state index contributed by atoms with van der Waals surface area (Å²) in [6.45, 7) is 0. The molecule has 0 aliphatic heterocycles. The summed E-state index contributed by atoms with van der Waals surface area (Å²) in [4.78, 5) is 23.7. The van der Waals surface area contributed by atoms with E-state index < -0.39 is 29.6 Å². The summed E-state index contributed by atoms with van der Waals surface area (Å²) in [7, 11) is 0. The van der Waals surface area contributed by atoms with Gasteiger partial charge in [0, 0.05) is 17.0 Å². The summed E-state index contributed by atoms with van der Waals surface area (Å²) in [5.74, 6) is -1.44. The lowest BCUT2D eigenvalue weighted by Crippen LogP contribution is -2.45. The SMILES string of the molecule is NC(=O)[C@H](Cc1ccc(Cl)cc1)NC(=O)c1ccc(C(F)(F)F)cc1. The number of halogens is 4. The molecular formula is C17H14ClF3N2O2. The van der Waals surface area contributed by atoms with Crippen molar-refractivity contribution in [2.24, 2.45) is 5.73 Å². The summed E-state index contributed by atoms with van der Waals surface area (Å²) in [6, 6.07) is 9.30. The molecule has 1 atom stereocenters. The van der Waals surface area contributed by atoms with Gasteiger partial charge in [-0.05, 0) is 42.0 Å². The summed E-state index contributed by atoms with van der Waals surface area (Å²) in [5.41, 5.74) is 5.15. The summed E-state index contributed by atoms with van der Waals surface area (Å²) in [6.07, 6.45) is -4.35. The summed E-state index contributed by atoms with van der Waals surface area (Å²) >= 11 is 5.78. The molecule has 2 aromatic carbocycles. The van der Waals surface area contributed by atoms with Crippen molar-refractivity contribution in [1.82, 2.24) is 5.32 Å². The molecule has 2 rings (SSSR count). The molecule has 0 radical (unpaired) electrons. The highest BCUT2D eigenvalue weighted by atomic mass is 35.5. The first-order valence-corrected chi connectivity index (χ1v) is 7.56. The lowest BCUT2D eigenvalue weighted by Gasteiger charge is -2.16. The average Bonchev–Trinajstić information content (AvgIpc) is 2.55. The Bertz CT molecular complexity index is 759. The van der Waals surface area contributed by atoms with Gasteiger partial charge in [-0.25, -0.2) is 0 Å². The largest absolute Gasteiger partial charge is 0.416 e. The van der Waals surface area contributed by atoms with E-state index in [0.29, 0.717) is 5.02 Å². The van der Waals surface area contributed by atoms with Crippen LogP contribution in [0.15, 0.2) is 48.5 Å². The highest BCUT2D eigenvalue weighted by Crippen LogP contribution is 2.29. The predicted octanol–water partition coefficient (Wildman–Crippen LogP) is 3.19. The van der Waals surface area contributed by atoms with E-state index in [2.05, 4.69) is 5.32 Å². The Hall–Kier alpha value is -2.54. The van der Waals surface area contributed by atoms with E-state index in [1.807, 2.05) is 0 Å². The van der Waals surface area contributed by atoms with Crippen molar-refractivity contribution in [3.8, 4) is 0 Å². The van der Waals surface area contributed by atoms with Crippen LogP contribution < -0.4 is 11.1 Å². The van der Waals surface area contributed by atoms with E-state index in [4.69, 9.17) is 17.3 Å². The molecule has 0 aromatic heterocycles. The number of carbonyl (C=O) groups excluding carboxylic acids is 2. The summed E-state index contributed by atoms with van der Waals surface area (Å²) < 4.78 is 37.6.